The van der Waals surface area contributed by atoms with Crippen LogP contribution < -0.4 is 5.73 Å². The molecule has 2 unspecified atom stereocenters. The Kier molecular flexibility index (Phi) is 3.17. The van der Waals surface area contributed by atoms with Gasteiger partial charge in [0.1, 0.15) is 5.82 Å². The molecule has 2 aromatic heterocycles. The highest BCUT2D eigenvalue weighted by molar-refractivity contribution is 5.94. The van der Waals surface area contributed by atoms with E-state index in [0.717, 1.165) is 24.4 Å². The van der Waals surface area contributed by atoms with Gasteiger partial charge in [0.15, 0.2) is 5.65 Å². The second kappa shape index (κ2) is 4.86. The van der Waals surface area contributed by atoms with Crippen molar-refractivity contribution in [1.29, 1.82) is 0 Å². The predicted octanol–water partition coefficient (Wildman–Crippen LogP) is 0.847. The number of nitrogens with zero attached hydrogens (tertiary/aromatic N) is 4. The lowest BCUT2D eigenvalue weighted by Gasteiger charge is -2.21. The van der Waals surface area contributed by atoms with Crippen molar-refractivity contribution in [3.8, 4) is 0 Å². The van der Waals surface area contributed by atoms with Crippen LogP contribution in [0.1, 0.15) is 29.5 Å². The molecule has 2 aromatic rings. The summed E-state index contributed by atoms with van der Waals surface area (Å²) in [6, 6.07) is 3.89. The summed E-state index contributed by atoms with van der Waals surface area (Å²) in [5, 5.41) is 8.03. The van der Waals surface area contributed by atoms with Crippen LogP contribution in [-0.2, 0) is 0 Å². The van der Waals surface area contributed by atoms with Gasteiger partial charge >= 0.3 is 0 Å². The maximum absolute atomic E-state index is 12.6. The van der Waals surface area contributed by atoms with Gasteiger partial charge in [0.25, 0.3) is 5.91 Å². The zero-order chi connectivity index (χ0) is 14.3. The van der Waals surface area contributed by atoms with E-state index in [1.807, 2.05) is 34.6 Å². The summed E-state index contributed by atoms with van der Waals surface area (Å²) in [6.07, 6.45) is 2.80. The van der Waals surface area contributed by atoms with E-state index in [0.29, 0.717) is 18.0 Å². The molecule has 2 atom stereocenters. The lowest BCUT2D eigenvalue weighted by molar-refractivity contribution is 0.0743. The van der Waals surface area contributed by atoms with Gasteiger partial charge in [0, 0.05) is 18.8 Å². The normalized spacial score (nSPS) is 22.6. The van der Waals surface area contributed by atoms with E-state index >= 15 is 0 Å². The first-order valence-corrected chi connectivity index (χ1v) is 6.92. The van der Waals surface area contributed by atoms with Gasteiger partial charge in [-0.25, -0.2) is 0 Å². The van der Waals surface area contributed by atoms with Crippen LogP contribution in [0, 0.1) is 12.8 Å². The Hall–Kier alpha value is -1.95. The van der Waals surface area contributed by atoms with Crippen molar-refractivity contribution in [1.82, 2.24) is 19.5 Å². The van der Waals surface area contributed by atoms with E-state index in [-0.39, 0.29) is 11.9 Å². The third-order valence-electron chi connectivity index (χ3n) is 4.08. The van der Waals surface area contributed by atoms with Crippen LogP contribution in [0.5, 0.6) is 0 Å². The van der Waals surface area contributed by atoms with Gasteiger partial charge < -0.3 is 10.6 Å². The first kappa shape index (κ1) is 13.1. The number of fused-ring (bicyclic) bond motifs is 1. The van der Waals surface area contributed by atoms with E-state index < -0.39 is 0 Å². The van der Waals surface area contributed by atoms with Crippen molar-refractivity contribution in [2.45, 2.75) is 26.3 Å². The number of hydrogen-bond acceptors (Lipinski definition) is 4. The Bertz CT molecular complexity index is 650. The third-order valence-corrected chi connectivity index (χ3v) is 4.08. The van der Waals surface area contributed by atoms with E-state index in [1.165, 1.54) is 0 Å². The summed E-state index contributed by atoms with van der Waals surface area (Å²) in [6.45, 7) is 5.33. The molecule has 1 aliphatic heterocycles. The predicted molar refractivity (Wildman–Crippen MR) is 75.4 cm³/mol. The molecular weight excluding hydrogens is 254 g/mol. The number of aromatic nitrogens is 3. The highest BCUT2D eigenvalue weighted by Gasteiger charge is 2.32. The summed E-state index contributed by atoms with van der Waals surface area (Å²) in [4.78, 5) is 14.5. The minimum Gasteiger partial charge on any atom is -0.336 e. The molecule has 0 spiro atoms. The zero-order valence-corrected chi connectivity index (χ0v) is 11.8. The first-order valence-electron chi connectivity index (χ1n) is 6.92. The molecule has 0 aliphatic carbocycles. The summed E-state index contributed by atoms with van der Waals surface area (Å²) < 4.78 is 1.84. The van der Waals surface area contributed by atoms with Gasteiger partial charge in [-0.2, -0.15) is 0 Å². The average molecular weight is 273 g/mol. The smallest absolute Gasteiger partial charge is 0.255 e. The maximum Gasteiger partial charge on any atom is 0.255 e. The standard InChI is InChI=1S/C14H19N5O/c1-9-5-11(6-15)7-18(9)14(20)12-3-4-13-17-16-10(2)19(13)8-12/h3-4,8-9,11H,5-7,15H2,1-2H3. The van der Waals surface area contributed by atoms with Gasteiger partial charge in [-0.15, -0.1) is 10.2 Å². The van der Waals surface area contributed by atoms with E-state index in [2.05, 4.69) is 17.1 Å². The number of rotatable bonds is 2. The molecule has 6 nitrogen and oxygen atoms in total. The number of nitrogens with two attached hydrogens (primary N) is 1. The van der Waals surface area contributed by atoms with Crippen LogP contribution in [-0.4, -0.2) is 44.5 Å². The van der Waals surface area contributed by atoms with E-state index in [9.17, 15) is 4.79 Å². The molecule has 6 heteroatoms. The monoisotopic (exact) mass is 273 g/mol. The molecule has 0 bridgehead atoms. The summed E-state index contributed by atoms with van der Waals surface area (Å²) in [5.41, 5.74) is 7.15. The van der Waals surface area contributed by atoms with Crippen molar-refractivity contribution in [2.75, 3.05) is 13.1 Å². The van der Waals surface area contributed by atoms with Crippen molar-refractivity contribution < 1.29 is 4.79 Å². The molecule has 0 radical (unpaired) electrons. The van der Waals surface area contributed by atoms with Crippen molar-refractivity contribution in [2.24, 2.45) is 11.7 Å². The fraction of sp³-hybridized carbons (Fsp3) is 0.500. The fourth-order valence-electron chi connectivity index (χ4n) is 2.89. The number of pyridine rings is 1. The van der Waals surface area contributed by atoms with Crippen LogP contribution in [0.3, 0.4) is 0 Å². The van der Waals surface area contributed by atoms with Crippen molar-refractivity contribution >= 4 is 11.6 Å². The Balaban J connectivity index is 1.90. The molecule has 0 aromatic carbocycles. The number of carbonyl (C=O) groups is 1. The molecule has 1 saturated heterocycles. The molecule has 106 valence electrons. The van der Waals surface area contributed by atoms with Crippen LogP contribution in [0.2, 0.25) is 0 Å². The highest BCUT2D eigenvalue weighted by atomic mass is 16.2. The van der Waals surface area contributed by atoms with Gasteiger partial charge in [-0.1, -0.05) is 0 Å². The molecule has 1 amide bonds. The number of likely N-dealkylation sites (tertiary alicyclic amines) is 1. The Morgan fingerprint density at radius 3 is 2.95 bits per heavy atom. The van der Waals surface area contributed by atoms with E-state index in [1.54, 1.807) is 0 Å². The fourth-order valence-corrected chi connectivity index (χ4v) is 2.89. The molecular formula is C14H19N5O. The number of aryl methyl sites for hydroxylation is 1. The Morgan fingerprint density at radius 2 is 2.25 bits per heavy atom. The Labute approximate surface area is 117 Å². The average Bonchev–Trinajstić information content (AvgIpc) is 3.01. The highest BCUT2D eigenvalue weighted by Crippen LogP contribution is 2.24. The summed E-state index contributed by atoms with van der Waals surface area (Å²) in [7, 11) is 0. The molecule has 3 heterocycles. The van der Waals surface area contributed by atoms with Crippen LogP contribution >= 0.6 is 0 Å². The lowest BCUT2D eigenvalue weighted by Crippen LogP contribution is -2.34. The molecule has 2 N–H and O–H groups in total. The molecule has 0 saturated carbocycles. The van der Waals surface area contributed by atoms with Gasteiger partial charge in [-0.05, 0) is 44.9 Å². The zero-order valence-electron chi connectivity index (χ0n) is 11.8. The van der Waals surface area contributed by atoms with Crippen molar-refractivity contribution in [3.63, 3.8) is 0 Å². The number of carbonyl (C=O) groups excluding carboxylic acids is 1. The number of hydrogen-bond donors (Lipinski definition) is 1. The Morgan fingerprint density at radius 1 is 1.45 bits per heavy atom. The molecule has 20 heavy (non-hydrogen) atoms. The molecule has 3 rings (SSSR count). The van der Waals surface area contributed by atoms with Crippen molar-refractivity contribution in [3.05, 3.63) is 29.7 Å². The second-order valence-electron chi connectivity index (χ2n) is 5.54. The quantitative estimate of drug-likeness (QED) is 0.880. The van der Waals surface area contributed by atoms with Crippen LogP contribution in [0.25, 0.3) is 5.65 Å². The summed E-state index contributed by atoms with van der Waals surface area (Å²) in [5.74, 6) is 1.25. The lowest BCUT2D eigenvalue weighted by atomic mass is 10.1. The van der Waals surface area contributed by atoms with Crippen LogP contribution in [0.4, 0.5) is 0 Å². The number of amides is 1. The third kappa shape index (κ3) is 2.06. The molecule has 1 aliphatic rings. The molecule has 1 fully saturated rings. The first-order chi connectivity index (χ1) is 9.60. The minimum atomic E-state index is 0.0588. The SMILES string of the molecule is Cc1nnc2ccc(C(=O)N3CC(CN)CC3C)cn12. The van der Waals surface area contributed by atoms with Gasteiger partial charge in [-0.3, -0.25) is 9.20 Å². The topological polar surface area (TPSA) is 76.5 Å². The van der Waals surface area contributed by atoms with Gasteiger partial charge in [0.2, 0.25) is 0 Å². The van der Waals surface area contributed by atoms with E-state index in [4.69, 9.17) is 5.73 Å². The minimum absolute atomic E-state index is 0.0588. The van der Waals surface area contributed by atoms with Gasteiger partial charge in [0.05, 0.1) is 5.56 Å². The second-order valence-corrected chi connectivity index (χ2v) is 5.54. The maximum atomic E-state index is 12.6. The largest absolute Gasteiger partial charge is 0.336 e. The van der Waals surface area contributed by atoms with Crippen LogP contribution in [0.15, 0.2) is 18.3 Å². The summed E-state index contributed by atoms with van der Waals surface area (Å²) >= 11 is 0.